The predicted octanol–water partition coefficient (Wildman–Crippen LogP) is 7.24. The summed E-state index contributed by atoms with van der Waals surface area (Å²) in [5.74, 6) is 0. The van der Waals surface area contributed by atoms with E-state index in [0.717, 1.165) is 12.8 Å². The zero-order valence-corrected chi connectivity index (χ0v) is 20.9. The van der Waals surface area contributed by atoms with Gasteiger partial charge in [0.1, 0.15) is 0 Å². The summed E-state index contributed by atoms with van der Waals surface area (Å²) in [6.07, 6.45) is 16.0. The fourth-order valence-electron chi connectivity index (χ4n) is 3.77. The van der Waals surface area contributed by atoms with E-state index in [1.807, 2.05) is 0 Å². The Morgan fingerprint density at radius 1 is 0.848 bits per heavy atom. The van der Waals surface area contributed by atoms with Gasteiger partial charge in [0.05, 0.1) is 11.0 Å². The van der Waals surface area contributed by atoms with Crippen molar-refractivity contribution in [3.63, 3.8) is 0 Å². The van der Waals surface area contributed by atoms with Crippen molar-refractivity contribution < 1.29 is 28.5 Å². The molecule has 0 spiro atoms. The molecule has 1 unspecified atom stereocenters. The van der Waals surface area contributed by atoms with Crippen molar-refractivity contribution in [2.75, 3.05) is 13.2 Å². The molecule has 1 atom stereocenters. The molecule has 0 saturated heterocycles. The average molecular weight is 488 g/mol. The molecular formula is C24H42NO7P. The number of hydrogen-bond acceptors (Lipinski definition) is 5. The first kappa shape index (κ1) is 29.7. The molecule has 0 aliphatic heterocycles. The SMILES string of the molecule is CCCCCCCCCCCCCCCOCCC(OP(=O)(O)O)c1ccc([N+](=O)[O-])cc1. The number of nitrogens with zero attached hydrogens (tertiary/aromatic N) is 1. The smallest absolute Gasteiger partial charge is 0.381 e. The van der Waals surface area contributed by atoms with Crippen LogP contribution in [0.15, 0.2) is 24.3 Å². The van der Waals surface area contributed by atoms with Gasteiger partial charge in [-0.3, -0.25) is 14.6 Å². The highest BCUT2D eigenvalue weighted by molar-refractivity contribution is 7.46. The summed E-state index contributed by atoms with van der Waals surface area (Å²) in [7, 11) is -4.70. The molecule has 2 N–H and O–H groups in total. The van der Waals surface area contributed by atoms with E-state index in [1.165, 1.54) is 94.9 Å². The van der Waals surface area contributed by atoms with Crippen LogP contribution in [0.2, 0.25) is 0 Å². The summed E-state index contributed by atoms with van der Waals surface area (Å²) < 4.78 is 21.8. The Hall–Kier alpha value is -1.31. The van der Waals surface area contributed by atoms with Crippen LogP contribution in [0.4, 0.5) is 5.69 Å². The Morgan fingerprint density at radius 2 is 1.33 bits per heavy atom. The number of nitro benzene ring substituents is 1. The number of phosphoric acid groups is 1. The van der Waals surface area contributed by atoms with Gasteiger partial charge in [0.25, 0.3) is 5.69 Å². The number of unbranched alkanes of at least 4 members (excludes halogenated alkanes) is 12. The van der Waals surface area contributed by atoms with E-state index in [2.05, 4.69) is 6.92 Å². The molecule has 1 aromatic carbocycles. The number of benzene rings is 1. The fourth-order valence-corrected chi connectivity index (χ4v) is 4.33. The van der Waals surface area contributed by atoms with Gasteiger partial charge in [0.2, 0.25) is 0 Å². The number of ether oxygens (including phenoxy) is 1. The summed E-state index contributed by atoms with van der Waals surface area (Å²) in [6, 6.07) is 5.48. The van der Waals surface area contributed by atoms with Gasteiger partial charge in [-0.05, 0) is 24.1 Å². The third kappa shape index (κ3) is 16.0. The van der Waals surface area contributed by atoms with Crippen LogP contribution >= 0.6 is 7.82 Å². The van der Waals surface area contributed by atoms with Crippen molar-refractivity contribution in [3.8, 4) is 0 Å². The Morgan fingerprint density at radius 3 is 1.79 bits per heavy atom. The number of non-ortho nitro benzene ring substituents is 1. The molecule has 0 radical (unpaired) electrons. The van der Waals surface area contributed by atoms with Crippen molar-refractivity contribution >= 4 is 13.5 Å². The van der Waals surface area contributed by atoms with Crippen LogP contribution in [0, 0.1) is 10.1 Å². The minimum atomic E-state index is -4.70. The molecule has 0 fully saturated rings. The minimum absolute atomic E-state index is 0.0904. The van der Waals surface area contributed by atoms with Crippen LogP contribution in [0.25, 0.3) is 0 Å². The van der Waals surface area contributed by atoms with Gasteiger partial charge in [-0.25, -0.2) is 4.57 Å². The van der Waals surface area contributed by atoms with Gasteiger partial charge in [-0.2, -0.15) is 0 Å². The molecule has 0 saturated carbocycles. The van der Waals surface area contributed by atoms with Crippen LogP contribution < -0.4 is 0 Å². The lowest BCUT2D eigenvalue weighted by Gasteiger charge is -2.18. The second kappa shape index (κ2) is 18.1. The fraction of sp³-hybridized carbons (Fsp3) is 0.750. The quantitative estimate of drug-likeness (QED) is 0.0811. The average Bonchev–Trinajstić information content (AvgIpc) is 2.77. The maximum Gasteiger partial charge on any atom is 0.470 e. The van der Waals surface area contributed by atoms with E-state index in [1.54, 1.807) is 0 Å². The van der Waals surface area contributed by atoms with Crippen molar-refractivity contribution in [1.29, 1.82) is 0 Å². The Balaban J connectivity index is 2.11. The molecule has 0 heterocycles. The number of phosphoric ester groups is 1. The molecular weight excluding hydrogens is 445 g/mol. The van der Waals surface area contributed by atoms with Gasteiger partial charge in [-0.1, -0.05) is 84.0 Å². The molecule has 190 valence electrons. The number of rotatable bonds is 21. The monoisotopic (exact) mass is 487 g/mol. The third-order valence-corrected chi connectivity index (χ3v) is 6.19. The topological polar surface area (TPSA) is 119 Å². The molecule has 9 heteroatoms. The summed E-state index contributed by atoms with van der Waals surface area (Å²) in [5.41, 5.74) is 0.376. The standard InChI is InChI=1S/C24H42NO7P/c1-2-3-4-5-6-7-8-9-10-11-12-13-14-20-31-21-19-24(32-33(28,29)30)22-15-17-23(18-16-22)25(26)27/h15-18,24H,2-14,19-21H2,1H3,(H2,28,29,30). The van der Waals surface area contributed by atoms with Crippen molar-refractivity contribution in [1.82, 2.24) is 0 Å². The van der Waals surface area contributed by atoms with Crippen LogP contribution in [0.5, 0.6) is 0 Å². The van der Waals surface area contributed by atoms with E-state index >= 15 is 0 Å². The molecule has 1 rings (SSSR count). The van der Waals surface area contributed by atoms with Crippen LogP contribution in [-0.2, 0) is 13.8 Å². The van der Waals surface area contributed by atoms with Crippen LogP contribution in [0.1, 0.15) is 108 Å². The highest BCUT2D eigenvalue weighted by atomic mass is 31.2. The predicted molar refractivity (Wildman–Crippen MR) is 130 cm³/mol. The highest BCUT2D eigenvalue weighted by Gasteiger charge is 2.24. The zero-order valence-electron chi connectivity index (χ0n) is 20.0. The van der Waals surface area contributed by atoms with E-state index in [-0.39, 0.29) is 12.1 Å². The van der Waals surface area contributed by atoms with Gasteiger partial charge < -0.3 is 14.5 Å². The Bertz CT molecular complexity index is 678. The molecule has 33 heavy (non-hydrogen) atoms. The summed E-state index contributed by atoms with van der Waals surface area (Å²) in [6.45, 7) is 3.14. The van der Waals surface area contributed by atoms with E-state index < -0.39 is 18.8 Å². The number of hydrogen-bond donors (Lipinski definition) is 2. The molecule has 0 aromatic heterocycles. The third-order valence-electron chi connectivity index (χ3n) is 5.66. The Labute approximate surface area is 198 Å². The molecule has 0 amide bonds. The minimum Gasteiger partial charge on any atom is -0.381 e. The van der Waals surface area contributed by atoms with Gasteiger partial charge in [0.15, 0.2) is 0 Å². The largest absolute Gasteiger partial charge is 0.470 e. The summed E-state index contributed by atoms with van der Waals surface area (Å²) in [4.78, 5) is 28.6. The lowest BCUT2D eigenvalue weighted by Crippen LogP contribution is -2.08. The summed E-state index contributed by atoms with van der Waals surface area (Å²) >= 11 is 0. The lowest BCUT2D eigenvalue weighted by atomic mass is 10.0. The maximum absolute atomic E-state index is 11.3. The van der Waals surface area contributed by atoms with Gasteiger partial charge in [-0.15, -0.1) is 0 Å². The first-order chi connectivity index (χ1) is 15.8. The second-order valence-corrected chi connectivity index (χ2v) is 9.77. The summed E-state index contributed by atoms with van der Waals surface area (Å²) in [5, 5.41) is 10.8. The van der Waals surface area contributed by atoms with Gasteiger partial charge >= 0.3 is 7.82 Å². The molecule has 1 aromatic rings. The van der Waals surface area contributed by atoms with Crippen molar-refractivity contribution in [2.24, 2.45) is 0 Å². The van der Waals surface area contributed by atoms with E-state index in [0.29, 0.717) is 18.8 Å². The molecule has 0 bridgehead atoms. The molecule has 0 aliphatic carbocycles. The van der Waals surface area contributed by atoms with E-state index in [9.17, 15) is 14.7 Å². The highest BCUT2D eigenvalue weighted by Crippen LogP contribution is 2.43. The first-order valence-corrected chi connectivity index (χ1v) is 13.9. The second-order valence-electron chi connectivity index (χ2n) is 8.58. The molecule has 0 aliphatic rings. The van der Waals surface area contributed by atoms with Crippen molar-refractivity contribution in [2.45, 2.75) is 103 Å². The van der Waals surface area contributed by atoms with Crippen LogP contribution in [0.3, 0.4) is 0 Å². The Kier molecular flexibility index (Phi) is 16.3. The van der Waals surface area contributed by atoms with Crippen molar-refractivity contribution in [3.05, 3.63) is 39.9 Å². The zero-order chi connectivity index (χ0) is 24.4. The lowest BCUT2D eigenvalue weighted by molar-refractivity contribution is -0.384. The first-order valence-electron chi connectivity index (χ1n) is 12.4. The molecule has 8 nitrogen and oxygen atoms in total. The van der Waals surface area contributed by atoms with E-state index in [4.69, 9.17) is 19.0 Å². The van der Waals surface area contributed by atoms with Gasteiger partial charge in [0, 0.05) is 31.8 Å². The normalized spacial score (nSPS) is 12.7. The maximum atomic E-state index is 11.3. The van der Waals surface area contributed by atoms with Crippen LogP contribution in [-0.4, -0.2) is 27.9 Å². The number of nitro groups is 1.